The molecule has 1 N–H and O–H groups in total. The smallest absolute Gasteiger partial charge is 0.307 e. The standard InChI is InChI=1S/C20H28N2O3/c1-15-5-7-16(8-6-15)20(9-3-4-10-20)14-22-12-11-21-19(24)17(22)13-18(23)25-2/h5-8,17H,3-4,9-14H2,1-2H3,(H,21,24). The monoisotopic (exact) mass is 344 g/mol. The van der Waals surface area contributed by atoms with Gasteiger partial charge in [0.25, 0.3) is 0 Å². The van der Waals surface area contributed by atoms with Crippen molar-refractivity contribution in [1.82, 2.24) is 10.2 Å². The summed E-state index contributed by atoms with van der Waals surface area (Å²) in [6, 6.07) is 8.39. The van der Waals surface area contributed by atoms with Gasteiger partial charge in [0, 0.05) is 25.0 Å². The lowest BCUT2D eigenvalue weighted by atomic mass is 9.77. The third kappa shape index (κ3) is 3.87. The molecule has 0 spiro atoms. The van der Waals surface area contributed by atoms with Gasteiger partial charge in [0.15, 0.2) is 0 Å². The first-order valence-electron chi connectivity index (χ1n) is 9.20. The maximum absolute atomic E-state index is 12.4. The van der Waals surface area contributed by atoms with Crippen LogP contribution in [0.2, 0.25) is 0 Å². The quantitative estimate of drug-likeness (QED) is 0.832. The summed E-state index contributed by atoms with van der Waals surface area (Å²) >= 11 is 0. The number of hydrogen-bond acceptors (Lipinski definition) is 4. The van der Waals surface area contributed by atoms with Crippen molar-refractivity contribution in [3.8, 4) is 0 Å². The molecule has 1 amide bonds. The van der Waals surface area contributed by atoms with E-state index in [0.717, 1.165) is 25.9 Å². The lowest BCUT2D eigenvalue weighted by Crippen LogP contribution is -2.58. The van der Waals surface area contributed by atoms with Crippen LogP contribution in [0.25, 0.3) is 0 Å². The number of amides is 1. The zero-order chi connectivity index (χ0) is 17.9. The molecule has 1 unspecified atom stereocenters. The second-order valence-corrected chi connectivity index (χ2v) is 7.41. The van der Waals surface area contributed by atoms with Crippen molar-refractivity contribution >= 4 is 11.9 Å². The SMILES string of the molecule is COC(=O)CC1C(=O)NCCN1CC1(c2ccc(C)cc2)CCCC1. The summed E-state index contributed by atoms with van der Waals surface area (Å²) in [6.45, 7) is 4.35. The molecule has 0 radical (unpaired) electrons. The fourth-order valence-electron chi connectivity index (χ4n) is 4.30. The molecule has 136 valence electrons. The summed E-state index contributed by atoms with van der Waals surface area (Å²) in [4.78, 5) is 26.3. The number of esters is 1. The molecule has 0 aromatic heterocycles. The molecule has 1 saturated heterocycles. The number of piperazine rings is 1. The van der Waals surface area contributed by atoms with Crippen molar-refractivity contribution in [3.05, 3.63) is 35.4 Å². The second kappa shape index (κ2) is 7.56. The Hall–Kier alpha value is -1.88. The Morgan fingerprint density at radius 2 is 1.96 bits per heavy atom. The van der Waals surface area contributed by atoms with Gasteiger partial charge in [-0.3, -0.25) is 14.5 Å². The van der Waals surface area contributed by atoms with E-state index in [-0.39, 0.29) is 23.7 Å². The van der Waals surface area contributed by atoms with Crippen molar-refractivity contribution in [2.75, 3.05) is 26.7 Å². The Balaban J connectivity index is 1.83. The average molecular weight is 344 g/mol. The Morgan fingerprint density at radius 3 is 2.60 bits per heavy atom. The van der Waals surface area contributed by atoms with Gasteiger partial charge in [0.1, 0.15) is 0 Å². The van der Waals surface area contributed by atoms with Crippen LogP contribution in [0.5, 0.6) is 0 Å². The van der Waals surface area contributed by atoms with E-state index in [1.807, 2.05) is 0 Å². The van der Waals surface area contributed by atoms with Gasteiger partial charge in [-0.2, -0.15) is 0 Å². The number of nitrogens with zero attached hydrogens (tertiary/aromatic N) is 1. The third-order valence-electron chi connectivity index (χ3n) is 5.76. The Morgan fingerprint density at radius 1 is 1.28 bits per heavy atom. The first-order valence-corrected chi connectivity index (χ1v) is 9.20. The highest BCUT2D eigenvalue weighted by molar-refractivity contribution is 5.87. The van der Waals surface area contributed by atoms with Gasteiger partial charge in [-0.15, -0.1) is 0 Å². The zero-order valence-electron chi connectivity index (χ0n) is 15.2. The minimum absolute atomic E-state index is 0.0614. The van der Waals surface area contributed by atoms with Crippen molar-refractivity contribution < 1.29 is 14.3 Å². The lowest BCUT2D eigenvalue weighted by Gasteiger charge is -2.41. The number of methoxy groups -OCH3 is 1. The van der Waals surface area contributed by atoms with Crippen LogP contribution in [0.4, 0.5) is 0 Å². The van der Waals surface area contributed by atoms with E-state index in [9.17, 15) is 9.59 Å². The summed E-state index contributed by atoms with van der Waals surface area (Å²) in [6.07, 6.45) is 4.83. The summed E-state index contributed by atoms with van der Waals surface area (Å²) < 4.78 is 4.80. The molecule has 25 heavy (non-hydrogen) atoms. The topological polar surface area (TPSA) is 58.6 Å². The highest BCUT2D eigenvalue weighted by atomic mass is 16.5. The van der Waals surface area contributed by atoms with E-state index in [0.29, 0.717) is 6.54 Å². The van der Waals surface area contributed by atoms with Crippen molar-refractivity contribution in [3.63, 3.8) is 0 Å². The molecule has 5 heteroatoms. The number of aryl methyl sites for hydroxylation is 1. The molecule has 1 aromatic rings. The van der Waals surface area contributed by atoms with E-state index < -0.39 is 6.04 Å². The molecule has 1 atom stereocenters. The normalized spacial score (nSPS) is 23.3. The van der Waals surface area contributed by atoms with Crippen molar-refractivity contribution in [1.29, 1.82) is 0 Å². The number of rotatable bonds is 5. The van der Waals surface area contributed by atoms with Crippen LogP contribution < -0.4 is 5.32 Å². The first-order chi connectivity index (χ1) is 12.0. The summed E-state index contributed by atoms with van der Waals surface area (Å²) in [5, 5.41) is 2.89. The fraction of sp³-hybridized carbons (Fsp3) is 0.600. The third-order valence-corrected chi connectivity index (χ3v) is 5.76. The minimum Gasteiger partial charge on any atom is -0.469 e. The van der Waals surface area contributed by atoms with Crippen molar-refractivity contribution in [2.24, 2.45) is 0 Å². The molecule has 1 aliphatic heterocycles. The minimum atomic E-state index is -0.427. The molecule has 1 saturated carbocycles. The molecular weight excluding hydrogens is 316 g/mol. The maximum Gasteiger partial charge on any atom is 0.307 e. The summed E-state index contributed by atoms with van der Waals surface area (Å²) in [5.41, 5.74) is 2.70. The van der Waals surface area contributed by atoms with Crippen LogP contribution in [0, 0.1) is 6.92 Å². The van der Waals surface area contributed by atoms with E-state index in [1.165, 1.54) is 31.1 Å². The number of benzene rings is 1. The predicted molar refractivity (Wildman–Crippen MR) is 96.3 cm³/mol. The van der Waals surface area contributed by atoms with Crippen LogP contribution in [-0.2, 0) is 19.7 Å². The van der Waals surface area contributed by atoms with Gasteiger partial charge < -0.3 is 10.1 Å². The number of hydrogen-bond donors (Lipinski definition) is 1. The van der Waals surface area contributed by atoms with E-state index >= 15 is 0 Å². The second-order valence-electron chi connectivity index (χ2n) is 7.41. The van der Waals surface area contributed by atoms with Gasteiger partial charge >= 0.3 is 5.97 Å². The zero-order valence-corrected chi connectivity index (χ0v) is 15.2. The molecule has 2 fully saturated rings. The van der Waals surface area contributed by atoms with Crippen LogP contribution in [0.15, 0.2) is 24.3 Å². The molecule has 3 rings (SSSR count). The number of nitrogens with one attached hydrogen (secondary N) is 1. The molecule has 2 aliphatic rings. The number of ether oxygens (including phenoxy) is 1. The van der Waals surface area contributed by atoms with Gasteiger partial charge in [0.05, 0.1) is 19.6 Å². The van der Waals surface area contributed by atoms with Crippen LogP contribution in [0.3, 0.4) is 0 Å². The fourth-order valence-corrected chi connectivity index (χ4v) is 4.30. The molecule has 5 nitrogen and oxygen atoms in total. The Labute approximate surface area is 149 Å². The van der Waals surface area contributed by atoms with Crippen LogP contribution >= 0.6 is 0 Å². The predicted octanol–water partition coefficient (Wildman–Crippen LogP) is 2.17. The highest BCUT2D eigenvalue weighted by Gasteiger charge is 2.41. The largest absolute Gasteiger partial charge is 0.469 e. The van der Waals surface area contributed by atoms with E-state index in [4.69, 9.17) is 4.74 Å². The maximum atomic E-state index is 12.4. The summed E-state index contributed by atoms with van der Waals surface area (Å²) in [7, 11) is 1.37. The van der Waals surface area contributed by atoms with Crippen LogP contribution in [0.1, 0.15) is 43.2 Å². The average Bonchev–Trinajstić information content (AvgIpc) is 3.08. The van der Waals surface area contributed by atoms with Gasteiger partial charge in [-0.1, -0.05) is 42.7 Å². The molecular formula is C20H28N2O3. The van der Waals surface area contributed by atoms with Crippen molar-refractivity contribution in [2.45, 2.75) is 50.5 Å². The van der Waals surface area contributed by atoms with E-state index in [1.54, 1.807) is 0 Å². The Kier molecular flexibility index (Phi) is 5.42. The molecule has 1 heterocycles. The van der Waals surface area contributed by atoms with Gasteiger partial charge in [-0.05, 0) is 25.3 Å². The van der Waals surface area contributed by atoms with Gasteiger partial charge in [0.2, 0.25) is 5.91 Å². The Bertz CT molecular complexity index is 620. The summed E-state index contributed by atoms with van der Waals surface area (Å²) in [5.74, 6) is -0.392. The van der Waals surface area contributed by atoms with E-state index in [2.05, 4.69) is 41.4 Å². The highest BCUT2D eigenvalue weighted by Crippen LogP contribution is 2.42. The number of carbonyl (C=O) groups excluding carboxylic acids is 2. The van der Waals surface area contributed by atoms with Gasteiger partial charge in [-0.25, -0.2) is 0 Å². The lowest BCUT2D eigenvalue weighted by molar-refractivity contribution is -0.146. The van der Waals surface area contributed by atoms with Crippen LogP contribution in [-0.4, -0.2) is 49.6 Å². The molecule has 1 aromatic carbocycles. The number of carbonyl (C=O) groups is 2. The first kappa shape index (κ1) is 17.9. The molecule has 0 bridgehead atoms. The molecule has 1 aliphatic carbocycles.